The molecule has 0 aliphatic rings. The van der Waals surface area contributed by atoms with Gasteiger partial charge in [0.15, 0.2) is 0 Å². The third-order valence-corrected chi connectivity index (χ3v) is 4.81. The summed E-state index contributed by atoms with van der Waals surface area (Å²) < 4.78 is 15.4. The monoisotopic (exact) mass is 313 g/mol. The summed E-state index contributed by atoms with van der Waals surface area (Å²) in [5, 5.41) is 0. The Bertz CT molecular complexity index is 590. The van der Waals surface area contributed by atoms with E-state index in [0.717, 1.165) is 11.1 Å². The minimum absolute atomic E-state index is 0.0820. The first-order valence-corrected chi connectivity index (χ1v) is 8.58. The zero-order chi connectivity index (χ0) is 16.0. The van der Waals surface area contributed by atoms with Crippen LogP contribution in [0.2, 0.25) is 0 Å². The predicted molar refractivity (Wildman–Crippen MR) is 95.7 cm³/mol. The molecule has 1 N–H and O–H groups in total. The van der Waals surface area contributed by atoms with Crippen LogP contribution in [-0.2, 0) is 11.4 Å². The lowest BCUT2D eigenvalue weighted by atomic mass is 10.1. The lowest BCUT2D eigenvalue weighted by molar-refractivity contribution is 0.537. The molecule has 22 heavy (non-hydrogen) atoms. The summed E-state index contributed by atoms with van der Waals surface area (Å²) in [5.41, 5.74) is 2.24. The molecule has 0 fully saturated rings. The highest BCUT2D eigenvalue weighted by Gasteiger charge is 2.28. The van der Waals surface area contributed by atoms with E-state index in [2.05, 4.69) is 29.0 Å². The molecule has 2 rings (SSSR count). The number of nitrogens with one attached hydrogen (secondary N) is 1. The van der Waals surface area contributed by atoms with E-state index in [1.54, 1.807) is 0 Å². The van der Waals surface area contributed by atoms with Gasteiger partial charge in [-0.25, -0.2) is 0 Å². The first-order chi connectivity index (χ1) is 10.5. The Morgan fingerprint density at radius 1 is 0.955 bits per heavy atom. The quantitative estimate of drug-likeness (QED) is 0.825. The standard InChI is InChI=1S/C19H23NOS/c1-19(2,3)22(21)20-18(17-12-8-5-9-13-17)15-14-16-10-6-4-7-11-16/h4-15,18,20H,1-3H3/b15-14+. The van der Waals surface area contributed by atoms with Crippen LogP contribution in [0, 0.1) is 0 Å². The van der Waals surface area contributed by atoms with Crippen LogP contribution in [0.4, 0.5) is 0 Å². The third-order valence-electron chi connectivity index (χ3n) is 3.23. The maximum atomic E-state index is 12.4. The average molecular weight is 313 g/mol. The lowest BCUT2D eigenvalue weighted by Gasteiger charge is -2.27. The maximum Gasteiger partial charge on any atom is 0.136 e. The number of hydrogen-bond acceptors (Lipinski definition) is 2. The van der Waals surface area contributed by atoms with Crippen LogP contribution in [0.15, 0.2) is 66.7 Å². The fourth-order valence-electron chi connectivity index (χ4n) is 1.94. The van der Waals surface area contributed by atoms with E-state index in [1.165, 1.54) is 0 Å². The van der Waals surface area contributed by atoms with Crippen LogP contribution in [0.1, 0.15) is 37.9 Å². The SMILES string of the molecule is CC(C)(C)[S+]([O-])NC(/C=C/c1ccccc1)c1ccccc1. The van der Waals surface area contributed by atoms with E-state index in [0.29, 0.717) is 0 Å². The van der Waals surface area contributed by atoms with Crippen LogP contribution in [0.3, 0.4) is 0 Å². The van der Waals surface area contributed by atoms with Gasteiger partial charge in [0, 0.05) is 11.4 Å². The van der Waals surface area contributed by atoms with Gasteiger partial charge in [0.25, 0.3) is 0 Å². The molecule has 2 atom stereocenters. The predicted octanol–water partition coefficient (Wildman–Crippen LogP) is 4.49. The van der Waals surface area contributed by atoms with Gasteiger partial charge in [0.2, 0.25) is 0 Å². The Balaban J connectivity index is 2.21. The molecule has 0 heterocycles. The summed E-state index contributed by atoms with van der Waals surface area (Å²) in [7, 11) is 0. The molecule has 2 unspecified atom stereocenters. The zero-order valence-electron chi connectivity index (χ0n) is 13.3. The van der Waals surface area contributed by atoms with E-state index in [1.807, 2.05) is 69.3 Å². The van der Waals surface area contributed by atoms with Gasteiger partial charge in [-0.2, -0.15) is 0 Å². The molecule has 0 spiro atoms. The van der Waals surface area contributed by atoms with Crippen molar-refractivity contribution in [3.8, 4) is 0 Å². The summed E-state index contributed by atoms with van der Waals surface area (Å²) in [6.45, 7) is 5.91. The van der Waals surface area contributed by atoms with Gasteiger partial charge in [-0.3, -0.25) is 0 Å². The van der Waals surface area contributed by atoms with Crippen LogP contribution in [0.25, 0.3) is 6.08 Å². The number of hydrogen-bond donors (Lipinski definition) is 1. The molecule has 0 aliphatic carbocycles. The van der Waals surface area contributed by atoms with Gasteiger partial charge in [-0.1, -0.05) is 72.8 Å². The smallest absolute Gasteiger partial charge is 0.136 e. The molecule has 0 aromatic heterocycles. The maximum absolute atomic E-state index is 12.4. The van der Waals surface area contributed by atoms with Crippen molar-refractivity contribution in [2.75, 3.05) is 0 Å². The minimum Gasteiger partial charge on any atom is -0.598 e. The Hall–Kier alpha value is -1.55. The van der Waals surface area contributed by atoms with Gasteiger partial charge in [0.05, 0.1) is 6.04 Å². The van der Waals surface area contributed by atoms with Crippen molar-refractivity contribution in [3.05, 3.63) is 77.9 Å². The average Bonchev–Trinajstić information content (AvgIpc) is 2.52. The molecule has 0 saturated heterocycles. The molecular formula is C19H23NOS. The lowest BCUT2D eigenvalue weighted by Crippen LogP contribution is -2.40. The molecule has 0 radical (unpaired) electrons. The van der Waals surface area contributed by atoms with Crippen molar-refractivity contribution in [2.45, 2.75) is 31.6 Å². The molecule has 116 valence electrons. The molecular weight excluding hydrogens is 290 g/mol. The highest BCUT2D eigenvalue weighted by atomic mass is 32.2. The summed E-state index contributed by atoms with van der Waals surface area (Å²) in [4.78, 5) is 0. The van der Waals surface area contributed by atoms with Crippen molar-refractivity contribution in [2.24, 2.45) is 0 Å². The van der Waals surface area contributed by atoms with Crippen molar-refractivity contribution in [3.63, 3.8) is 0 Å². The van der Waals surface area contributed by atoms with E-state index in [9.17, 15) is 4.55 Å². The van der Waals surface area contributed by atoms with E-state index in [4.69, 9.17) is 0 Å². The minimum atomic E-state index is -1.13. The van der Waals surface area contributed by atoms with Crippen molar-refractivity contribution < 1.29 is 4.55 Å². The first kappa shape index (κ1) is 16.8. The van der Waals surface area contributed by atoms with Crippen LogP contribution >= 0.6 is 0 Å². The summed E-state index contributed by atoms with van der Waals surface area (Å²) in [5.74, 6) is 0. The van der Waals surface area contributed by atoms with Crippen LogP contribution in [-0.4, -0.2) is 9.30 Å². The summed E-state index contributed by atoms with van der Waals surface area (Å²) in [6.07, 6.45) is 4.12. The molecule has 3 heteroatoms. The highest BCUT2D eigenvalue weighted by molar-refractivity contribution is 7.90. The largest absolute Gasteiger partial charge is 0.598 e. The van der Waals surface area contributed by atoms with Crippen LogP contribution in [0.5, 0.6) is 0 Å². The second kappa shape index (κ2) is 7.63. The highest BCUT2D eigenvalue weighted by Crippen LogP contribution is 2.21. The summed E-state index contributed by atoms with van der Waals surface area (Å²) in [6, 6.07) is 20.1. The number of rotatable bonds is 5. The van der Waals surface area contributed by atoms with Gasteiger partial charge >= 0.3 is 0 Å². The Kier molecular flexibility index (Phi) is 5.83. The van der Waals surface area contributed by atoms with Gasteiger partial charge < -0.3 is 4.55 Å². The molecule has 0 aliphatic heterocycles. The molecule has 0 saturated carbocycles. The Morgan fingerprint density at radius 3 is 2.05 bits per heavy atom. The second-order valence-corrected chi connectivity index (χ2v) is 8.16. The second-order valence-electron chi connectivity index (χ2n) is 6.16. The molecule has 2 aromatic carbocycles. The van der Waals surface area contributed by atoms with E-state index < -0.39 is 11.4 Å². The fraction of sp³-hybridized carbons (Fsp3) is 0.263. The zero-order valence-corrected chi connectivity index (χ0v) is 14.1. The Morgan fingerprint density at radius 2 is 1.50 bits per heavy atom. The Labute approximate surface area is 136 Å². The molecule has 0 bridgehead atoms. The van der Waals surface area contributed by atoms with E-state index in [-0.39, 0.29) is 10.8 Å². The third kappa shape index (κ3) is 5.02. The van der Waals surface area contributed by atoms with Crippen molar-refractivity contribution in [1.29, 1.82) is 0 Å². The first-order valence-electron chi connectivity index (χ1n) is 7.43. The van der Waals surface area contributed by atoms with E-state index >= 15 is 0 Å². The molecule has 2 nitrogen and oxygen atoms in total. The number of benzene rings is 2. The summed E-state index contributed by atoms with van der Waals surface area (Å²) >= 11 is -1.13. The molecule has 2 aromatic rings. The van der Waals surface area contributed by atoms with Gasteiger partial charge in [-0.15, -0.1) is 4.72 Å². The molecule has 0 amide bonds. The van der Waals surface area contributed by atoms with Crippen LogP contribution < -0.4 is 4.72 Å². The van der Waals surface area contributed by atoms with Crippen molar-refractivity contribution in [1.82, 2.24) is 4.72 Å². The topological polar surface area (TPSA) is 35.1 Å². The van der Waals surface area contributed by atoms with Crippen molar-refractivity contribution >= 4 is 17.4 Å². The van der Waals surface area contributed by atoms with Gasteiger partial charge in [0.1, 0.15) is 4.75 Å². The van der Waals surface area contributed by atoms with Gasteiger partial charge in [-0.05, 0) is 31.9 Å². The normalized spacial score (nSPS) is 14.9. The fourth-order valence-corrected chi connectivity index (χ4v) is 2.74.